The van der Waals surface area contributed by atoms with Crippen molar-refractivity contribution in [1.29, 1.82) is 0 Å². The predicted octanol–water partition coefficient (Wildman–Crippen LogP) is 4.00. The van der Waals surface area contributed by atoms with Crippen LogP contribution in [0, 0.1) is 5.82 Å². The van der Waals surface area contributed by atoms with E-state index in [1.807, 2.05) is 6.92 Å². The van der Waals surface area contributed by atoms with Crippen LogP contribution >= 0.6 is 11.6 Å². The monoisotopic (exact) mass is 402 g/mol. The third-order valence-electron chi connectivity index (χ3n) is 5.37. The van der Waals surface area contributed by atoms with E-state index in [4.69, 9.17) is 22.1 Å². The smallest absolute Gasteiger partial charge is 0.283 e. The maximum Gasteiger partial charge on any atom is 0.283 e. The number of carbonyl (C=O) groups is 1. The highest BCUT2D eigenvalue weighted by Crippen LogP contribution is 2.49. The number of nitrogens with one attached hydrogen (secondary N) is 1. The molecule has 1 aromatic carbocycles. The summed E-state index contributed by atoms with van der Waals surface area (Å²) < 4.78 is 20.5. The summed E-state index contributed by atoms with van der Waals surface area (Å²) in [5, 5.41) is 3.18. The summed E-state index contributed by atoms with van der Waals surface area (Å²) >= 11 is 5.80. The predicted molar refractivity (Wildman–Crippen MR) is 105 cm³/mol. The van der Waals surface area contributed by atoms with Gasteiger partial charge in [0.25, 0.3) is 11.9 Å². The average molecular weight is 403 g/mol. The largest absolute Gasteiger partial charge is 0.459 e. The lowest BCUT2D eigenvalue weighted by Gasteiger charge is -2.48. The van der Waals surface area contributed by atoms with Gasteiger partial charge < -0.3 is 15.8 Å². The van der Waals surface area contributed by atoms with Crippen molar-refractivity contribution in [3.05, 3.63) is 58.6 Å². The number of hydrogen-bond donors (Lipinski definition) is 2. The van der Waals surface area contributed by atoms with Gasteiger partial charge in [-0.1, -0.05) is 11.6 Å². The van der Waals surface area contributed by atoms with Gasteiger partial charge in [-0.25, -0.2) is 14.4 Å². The minimum absolute atomic E-state index is 0.0765. The Labute approximate surface area is 167 Å². The first kappa shape index (κ1) is 18.7. The van der Waals surface area contributed by atoms with Crippen molar-refractivity contribution in [3.8, 4) is 0 Å². The summed E-state index contributed by atoms with van der Waals surface area (Å²) in [6.07, 6.45) is 4.73. The number of aliphatic imine (C=N–C) groups is 1. The lowest BCUT2D eigenvalue weighted by molar-refractivity contribution is -0.0583. The van der Waals surface area contributed by atoms with Crippen LogP contribution < -0.4 is 11.1 Å². The van der Waals surface area contributed by atoms with Crippen LogP contribution in [0.3, 0.4) is 0 Å². The minimum atomic E-state index is -0.869. The van der Waals surface area contributed by atoms with Gasteiger partial charge in [-0.05, 0) is 56.5 Å². The van der Waals surface area contributed by atoms with Crippen molar-refractivity contribution >= 4 is 29.2 Å². The molecule has 1 aliphatic carbocycles. The van der Waals surface area contributed by atoms with E-state index in [1.54, 1.807) is 12.1 Å². The number of carbonyl (C=O) groups excluding carboxylic acids is 1. The topological polar surface area (TPSA) is 89.6 Å². The molecule has 0 bridgehead atoms. The van der Waals surface area contributed by atoms with E-state index in [0.717, 1.165) is 19.3 Å². The average Bonchev–Trinajstić information content (AvgIpc) is 2.61. The fraction of sp³-hybridized carbons (Fsp3) is 0.350. The van der Waals surface area contributed by atoms with E-state index in [0.29, 0.717) is 22.7 Å². The molecule has 146 valence electrons. The molecule has 2 aliphatic rings. The van der Waals surface area contributed by atoms with E-state index in [9.17, 15) is 9.18 Å². The van der Waals surface area contributed by atoms with Gasteiger partial charge >= 0.3 is 0 Å². The number of pyridine rings is 1. The van der Waals surface area contributed by atoms with Gasteiger partial charge in [0.2, 0.25) is 0 Å². The number of amides is 1. The number of rotatable bonds is 3. The molecular formula is C20H20ClFN4O2. The molecule has 1 aromatic heterocycles. The molecule has 1 saturated carbocycles. The van der Waals surface area contributed by atoms with Crippen molar-refractivity contribution in [2.45, 2.75) is 43.7 Å². The number of benzene rings is 1. The zero-order valence-electron chi connectivity index (χ0n) is 15.3. The highest BCUT2D eigenvalue weighted by molar-refractivity contribution is 6.30. The first-order valence-corrected chi connectivity index (χ1v) is 9.44. The van der Waals surface area contributed by atoms with Gasteiger partial charge in [-0.2, -0.15) is 0 Å². The molecule has 1 atom stereocenters. The highest BCUT2D eigenvalue weighted by Gasteiger charge is 2.50. The number of aromatic nitrogens is 1. The molecule has 2 heterocycles. The molecule has 0 radical (unpaired) electrons. The SMILES string of the molecule is CC1(c2cc(NC(=O)c3ccc(Cl)cn3)ccc2F)CC2(CCC2)OC(N)=N1. The van der Waals surface area contributed by atoms with Crippen LogP contribution in [0.2, 0.25) is 5.02 Å². The zero-order chi connectivity index (χ0) is 19.9. The minimum Gasteiger partial charge on any atom is -0.459 e. The van der Waals surface area contributed by atoms with Crippen LogP contribution in [0.25, 0.3) is 0 Å². The van der Waals surface area contributed by atoms with Crippen LogP contribution in [0.1, 0.15) is 48.7 Å². The van der Waals surface area contributed by atoms with Gasteiger partial charge in [0.15, 0.2) is 0 Å². The fourth-order valence-electron chi connectivity index (χ4n) is 3.92. The number of ether oxygens (including phenoxy) is 1. The molecule has 8 heteroatoms. The standard InChI is InChI=1S/C20H20ClFN4O2/c1-19(11-20(7-2-8-20)28-18(23)26-19)14-9-13(4-5-15(14)22)25-17(27)16-6-3-12(21)10-24-16/h3-6,9-10H,2,7-8,11H2,1H3,(H2,23,26)(H,25,27). The highest BCUT2D eigenvalue weighted by atomic mass is 35.5. The Morgan fingerprint density at radius 1 is 1.32 bits per heavy atom. The molecule has 28 heavy (non-hydrogen) atoms. The normalized spacial score (nSPS) is 22.8. The van der Waals surface area contributed by atoms with E-state index >= 15 is 0 Å². The molecule has 3 N–H and O–H groups in total. The van der Waals surface area contributed by atoms with Gasteiger partial charge in [0, 0.05) is 23.9 Å². The molecule has 6 nitrogen and oxygen atoms in total. The number of halogens is 2. The number of nitrogens with zero attached hydrogens (tertiary/aromatic N) is 2. The van der Waals surface area contributed by atoms with Crippen LogP contribution in [-0.4, -0.2) is 22.5 Å². The Bertz CT molecular complexity index is 959. The third kappa shape index (κ3) is 3.42. The lowest BCUT2D eigenvalue weighted by atomic mass is 9.69. The maximum atomic E-state index is 14.7. The van der Waals surface area contributed by atoms with Gasteiger partial charge in [0.1, 0.15) is 17.1 Å². The van der Waals surface area contributed by atoms with Crippen molar-refractivity contribution in [2.24, 2.45) is 10.7 Å². The van der Waals surface area contributed by atoms with Crippen molar-refractivity contribution in [1.82, 2.24) is 4.98 Å². The maximum absolute atomic E-state index is 14.7. The molecule has 1 unspecified atom stereocenters. The van der Waals surface area contributed by atoms with E-state index in [-0.39, 0.29) is 17.3 Å². The second-order valence-corrected chi connectivity index (χ2v) is 7.99. The van der Waals surface area contributed by atoms with Crippen LogP contribution in [-0.2, 0) is 10.3 Å². The number of anilines is 1. The summed E-state index contributed by atoms with van der Waals surface area (Å²) in [7, 11) is 0. The number of nitrogens with two attached hydrogens (primary N) is 1. The number of amidine groups is 1. The second-order valence-electron chi connectivity index (χ2n) is 7.55. The Hall–Kier alpha value is -2.67. The quantitative estimate of drug-likeness (QED) is 0.811. The van der Waals surface area contributed by atoms with Crippen molar-refractivity contribution in [3.63, 3.8) is 0 Å². The van der Waals surface area contributed by atoms with Crippen LogP contribution in [0.15, 0.2) is 41.5 Å². The fourth-order valence-corrected chi connectivity index (χ4v) is 4.03. The molecule has 4 rings (SSSR count). The molecule has 1 fully saturated rings. The molecule has 1 amide bonds. The van der Waals surface area contributed by atoms with Crippen LogP contribution in [0.4, 0.5) is 10.1 Å². The van der Waals surface area contributed by atoms with Gasteiger partial charge in [-0.15, -0.1) is 0 Å². The summed E-state index contributed by atoms with van der Waals surface area (Å²) in [6.45, 7) is 1.84. The Kier molecular flexibility index (Phi) is 4.50. The second kappa shape index (κ2) is 6.74. The number of hydrogen-bond acceptors (Lipinski definition) is 5. The Morgan fingerprint density at radius 2 is 2.11 bits per heavy atom. The van der Waals surface area contributed by atoms with E-state index in [1.165, 1.54) is 24.4 Å². The van der Waals surface area contributed by atoms with E-state index < -0.39 is 17.3 Å². The van der Waals surface area contributed by atoms with Gasteiger partial charge in [-0.3, -0.25) is 4.79 Å². The summed E-state index contributed by atoms with van der Waals surface area (Å²) in [4.78, 5) is 20.8. The summed E-state index contributed by atoms with van der Waals surface area (Å²) in [5.41, 5.74) is 5.69. The Balaban J connectivity index is 1.63. The third-order valence-corrected chi connectivity index (χ3v) is 5.60. The van der Waals surface area contributed by atoms with Gasteiger partial charge in [0.05, 0.1) is 10.6 Å². The first-order chi connectivity index (χ1) is 13.3. The molecule has 1 spiro atoms. The van der Waals surface area contributed by atoms with Crippen molar-refractivity contribution < 1.29 is 13.9 Å². The summed E-state index contributed by atoms with van der Waals surface area (Å²) in [6, 6.07) is 7.60. The molecule has 2 aromatic rings. The molecular weight excluding hydrogens is 383 g/mol. The van der Waals surface area contributed by atoms with Crippen molar-refractivity contribution in [2.75, 3.05) is 5.32 Å². The molecule has 1 aliphatic heterocycles. The van der Waals surface area contributed by atoms with Crippen LogP contribution in [0.5, 0.6) is 0 Å². The zero-order valence-corrected chi connectivity index (χ0v) is 16.1. The first-order valence-electron chi connectivity index (χ1n) is 9.06. The Morgan fingerprint density at radius 3 is 2.75 bits per heavy atom. The molecule has 0 saturated heterocycles. The summed E-state index contributed by atoms with van der Waals surface area (Å²) in [5.74, 6) is -0.817. The lowest BCUT2D eigenvalue weighted by Crippen LogP contribution is -2.52. The van der Waals surface area contributed by atoms with E-state index in [2.05, 4.69) is 15.3 Å².